The first kappa shape index (κ1) is 21.1. The number of alkyl halides is 1. The molecule has 5 nitrogen and oxygen atoms in total. The summed E-state index contributed by atoms with van der Waals surface area (Å²) in [6.45, 7) is 0.861. The zero-order valence-corrected chi connectivity index (χ0v) is 19.1. The number of hydrogen-bond donors (Lipinski definition) is 2. The fourth-order valence-electron chi connectivity index (χ4n) is 6.23. The lowest BCUT2D eigenvalue weighted by molar-refractivity contribution is -0.123. The highest BCUT2D eigenvalue weighted by atomic mass is 79.9. The van der Waals surface area contributed by atoms with Crippen LogP contribution in [0.2, 0.25) is 5.02 Å². The molecule has 0 heterocycles. The van der Waals surface area contributed by atoms with Gasteiger partial charge in [-0.3, -0.25) is 9.59 Å². The predicted octanol–water partition coefficient (Wildman–Crippen LogP) is 4.78. The summed E-state index contributed by atoms with van der Waals surface area (Å²) in [7, 11) is 1.58. The van der Waals surface area contributed by atoms with Gasteiger partial charge < -0.3 is 15.4 Å². The Kier molecular flexibility index (Phi) is 5.97. The highest BCUT2D eigenvalue weighted by Gasteiger charge is 2.57. The number of benzene rings is 1. The molecule has 0 aliphatic heterocycles. The van der Waals surface area contributed by atoms with E-state index in [1.807, 2.05) is 0 Å². The van der Waals surface area contributed by atoms with E-state index in [0.29, 0.717) is 35.8 Å². The van der Waals surface area contributed by atoms with Crippen LogP contribution in [0.1, 0.15) is 55.3 Å². The highest BCUT2D eigenvalue weighted by molar-refractivity contribution is 9.10. The van der Waals surface area contributed by atoms with Crippen molar-refractivity contribution in [2.75, 3.05) is 25.6 Å². The lowest BCUT2D eigenvalue weighted by atomic mass is 9.48. The zero-order chi connectivity index (χ0) is 20.6. The second kappa shape index (κ2) is 8.20. The number of carbonyl (C=O) groups excluding carboxylic acids is 2. The first-order valence-corrected chi connectivity index (χ1v) is 11.5. The van der Waals surface area contributed by atoms with Gasteiger partial charge in [-0.2, -0.15) is 0 Å². The van der Waals surface area contributed by atoms with Crippen LogP contribution in [-0.4, -0.2) is 36.4 Å². The van der Waals surface area contributed by atoms with Crippen molar-refractivity contribution in [2.45, 2.75) is 49.3 Å². The molecule has 2 N–H and O–H groups in total. The average Bonchev–Trinajstić information content (AvgIpc) is 2.59. The Morgan fingerprint density at radius 1 is 1.24 bits per heavy atom. The summed E-state index contributed by atoms with van der Waals surface area (Å²) in [5.74, 6) is 1.31. The van der Waals surface area contributed by atoms with Gasteiger partial charge in [-0.05, 0) is 74.0 Å². The predicted molar refractivity (Wildman–Crippen MR) is 118 cm³/mol. The summed E-state index contributed by atoms with van der Waals surface area (Å²) in [6, 6.07) is 5.04. The van der Waals surface area contributed by atoms with E-state index in [4.69, 9.17) is 16.3 Å². The lowest BCUT2D eigenvalue weighted by Crippen LogP contribution is -2.53. The molecule has 4 bridgehead atoms. The van der Waals surface area contributed by atoms with Crippen LogP contribution >= 0.6 is 27.5 Å². The maximum Gasteiger partial charge on any atom is 0.252 e. The molecule has 4 saturated carbocycles. The van der Waals surface area contributed by atoms with Gasteiger partial charge in [-0.15, -0.1) is 0 Å². The summed E-state index contributed by atoms with van der Waals surface area (Å²) < 4.78 is 5.18. The summed E-state index contributed by atoms with van der Waals surface area (Å²) in [5, 5.41) is 6.07. The molecule has 4 fully saturated rings. The molecule has 158 valence electrons. The van der Waals surface area contributed by atoms with Crippen LogP contribution in [0, 0.1) is 17.3 Å². The molecule has 0 spiro atoms. The quantitative estimate of drug-likeness (QED) is 0.433. The van der Waals surface area contributed by atoms with Crippen LogP contribution in [0.15, 0.2) is 18.2 Å². The van der Waals surface area contributed by atoms with E-state index >= 15 is 0 Å². The normalized spacial score (nSPS) is 32.2. The summed E-state index contributed by atoms with van der Waals surface area (Å²) in [5.41, 5.74) is 1.15. The van der Waals surface area contributed by atoms with E-state index in [-0.39, 0.29) is 21.6 Å². The van der Waals surface area contributed by atoms with Gasteiger partial charge in [0.05, 0.1) is 17.2 Å². The number of rotatable bonds is 7. The Morgan fingerprint density at radius 3 is 2.59 bits per heavy atom. The summed E-state index contributed by atoms with van der Waals surface area (Å²) >= 11 is 10.3. The zero-order valence-electron chi connectivity index (χ0n) is 16.7. The van der Waals surface area contributed by atoms with Gasteiger partial charge in [0, 0.05) is 30.1 Å². The molecular formula is C22H28BrClN2O3. The minimum atomic E-state index is -0.249. The second-order valence-electron chi connectivity index (χ2n) is 9.28. The number of amides is 2. The Labute approximate surface area is 185 Å². The topological polar surface area (TPSA) is 67.4 Å². The van der Waals surface area contributed by atoms with Crippen molar-refractivity contribution >= 4 is 45.0 Å². The van der Waals surface area contributed by atoms with Crippen LogP contribution < -0.4 is 10.6 Å². The van der Waals surface area contributed by atoms with Gasteiger partial charge in [0.25, 0.3) is 5.91 Å². The molecule has 1 aromatic carbocycles. The standard InChI is InChI=1S/C22H28BrClN2O3/c1-29-5-4-25-20(28)17-3-2-16(7-18(17)24)26-19(27)12-21-8-14-6-15(9-21)11-22(23,10-14)13-21/h2-3,7,14-15H,4-6,8-13H2,1H3,(H,25,28)(H,26,27). The number of carbonyl (C=O) groups is 2. The molecule has 7 heteroatoms. The Morgan fingerprint density at radius 2 is 1.97 bits per heavy atom. The number of ether oxygens (including phenoxy) is 1. The summed E-state index contributed by atoms with van der Waals surface area (Å²) in [6.07, 6.45) is 7.86. The maximum atomic E-state index is 12.8. The molecule has 2 unspecified atom stereocenters. The Bertz CT molecular complexity index is 801. The van der Waals surface area contributed by atoms with Crippen molar-refractivity contribution in [3.63, 3.8) is 0 Å². The highest BCUT2D eigenvalue weighted by Crippen LogP contribution is 2.65. The van der Waals surface area contributed by atoms with Gasteiger partial charge >= 0.3 is 0 Å². The van der Waals surface area contributed by atoms with Crippen molar-refractivity contribution in [1.82, 2.24) is 5.32 Å². The van der Waals surface area contributed by atoms with Gasteiger partial charge in [0.1, 0.15) is 0 Å². The monoisotopic (exact) mass is 482 g/mol. The fourth-order valence-corrected chi connectivity index (χ4v) is 8.00. The first-order chi connectivity index (χ1) is 13.8. The van der Waals surface area contributed by atoms with Crippen molar-refractivity contribution < 1.29 is 14.3 Å². The molecule has 4 aliphatic carbocycles. The maximum absolute atomic E-state index is 12.8. The van der Waals surface area contributed by atoms with Crippen molar-refractivity contribution in [3.8, 4) is 0 Å². The molecule has 0 aromatic heterocycles. The SMILES string of the molecule is COCCNC(=O)c1ccc(NC(=O)CC23CC4CC(CC(Br)(C4)C2)C3)cc1Cl. The van der Waals surface area contributed by atoms with E-state index in [0.717, 1.165) is 18.3 Å². The number of nitrogens with one attached hydrogen (secondary N) is 2. The van der Waals surface area contributed by atoms with Crippen molar-refractivity contribution in [3.05, 3.63) is 28.8 Å². The molecule has 29 heavy (non-hydrogen) atoms. The minimum absolute atomic E-state index is 0.0383. The van der Waals surface area contributed by atoms with Crippen LogP contribution in [0.4, 0.5) is 5.69 Å². The van der Waals surface area contributed by atoms with Crippen LogP contribution in [0.3, 0.4) is 0 Å². The molecule has 4 aliphatic rings. The first-order valence-electron chi connectivity index (χ1n) is 10.4. The van der Waals surface area contributed by atoms with Crippen molar-refractivity contribution in [1.29, 1.82) is 0 Å². The third-order valence-corrected chi connectivity index (χ3v) is 7.98. The third-order valence-electron chi connectivity index (χ3n) is 6.74. The number of halogens is 2. The van der Waals surface area contributed by atoms with Gasteiger partial charge in [-0.1, -0.05) is 27.5 Å². The van der Waals surface area contributed by atoms with Gasteiger partial charge in [0.15, 0.2) is 0 Å². The molecular weight excluding hydrogens is 456 g/mol. The average molecular weight is 484 g/mol. The second-order valence-corrected chi connectivity index (χ2v) is 11.4. The fraction of sp³-hybridized carbons (Fsp3) is 0.636. The van der Waals surface area contributed by atoms with E-state index in [1.165, 1.54) is 32.1 Å². The van der Waals surface area contributed by atoms with Crippen molar-refractivity contribution in [2.24, 2.45) is 17.3 Å². The van der Waals surface area contributed by atoms with E-state index in [2.05, 4.69) is 26.6 Å². The van der Waals surface area contributed by atoms with E-state index in [1.54, 1.807) is 25.3 Å². The minimum Gasteiger partial charge on any atom is -0.383 e. The van der Waals surface area contributed by atoms with Crippen LogP contribution in [0.25, 0.3) is 0 Å². The molecule has 5 rings (SSSR count). The van der Waals surface area contributed by atoms with E-state index in [9.17, 15) is 9.59 Å². The summed E-state index contributed by atoms with van der Waals surface area (Å²) in [4.78, 5) is 25.0. The van der Waals surface area contributed by atoms with Gasteiger partial charge in [0.2, 0.25) is 5.91 Å². The van der Waals surface area contributed by atoms with Gasteiger partial charge in [-0.25, -0.2) is 0 Å². The largest absolute Gasteiger partial charge is 0.383 e. The molecule has 0 saturated heterocycles. The van der Waals surface area contributed by atoms with E-state index < -0.39 is 0 Å². The number of methoxy groups -OCH3 is 1. The molecule has 2 amide bonds. The lowest BCUT2D eigenvalue weighted by Gasteiger charge is -2.60. The Hall–Kier alpha value is -1.11. The third kappa shape index (κ3) is 4.64. The van der Waals surface area contributed by atoms with Crippen LogP contribution in [0.5, 0.6) is 0 Å². The Balaban J connectivity index is 1.38. The molecule has 1 aromatic rings. The number of hydrogen-bond acceptors (Lipinski definition) is 3. The smallest absolute Gasteiger partial charge is 0.252 e. The number of anilines is 1. The molecule has 2 atom stereocenters. The molecule has 0 radical (unpaired) electrons. The van der Waals surface area contributed by atoms with Crippen LogP contribution in [-0.2, 0) is 9.53 Å².